The SMILES string of the molecule is C.CC1CCC(C)CC1.Cc1c(C)c(C)c2c(C)c(C)c(C)c(C)c2c1C. The Balaban J connectivity index is 0.000000342. The van der Waals surface area contributed by atoms with Gasteiger partial charge in [0.05, 0.1) is 0 Å². The molecule has 27 heavy (non-hydrogen) atoms. The van der Waals surface area contributed by atoms with Gasteiger partial charge < -0.3 is 0 Å². The van der Waals surface area contributed by atoms with Crippen LogP contribution >= 0.6 is 0 Å². The monoisotopic (exact) mass is 368 g/mol. The molecule has 0 radical (unpaired) electrons. The van der Waals surface area contributed by atoms with E-state index < -0.39 is 0 Å². The molecule has 1 aliphatic carbocycles. The van der Waals surface area contributed by atoms with Crippen LogP contribution in [0.2, 0.25) is 0 Å². The number of fused-ring (bicyclic) bond motifs is 1. The average molecular weight is 369 g/mol. The predicted molar refractivity (Wildman–Crippen MR) is 125 cm³/mol. The summed E-state index contributed by atoms with van der Waals surface area (Å²) in [6, 6.07) is 0. The molecule has 0 heteroatoms. The molecule has 0 N–H and O–H groups in total. The summed E-state index contributed by atoms with van der Waals surface area (Å²) in [5, 5.41) is 2.97. The maximum atomic E-state index is 2.37. The third kappa shape index (κ3) is 4.58. The fourth-order valence-electron chi connectivity index (χ4n) is 4.61. The summed E-state index contributed by atoms with van der Waals surface area (Å²) in [5.74, 6) is 2.04. The fraction of sp³-hybridized carbons (Fsp3) is 0.630. The number of benzene rings is 2. The van der Waals surface area contributed by atoms with Crippen molar-refractivity contribution in [2.24, 2.45) is 11.8 Å². The smallest absolute Gasteiger partial charge is 0.0114 e. The minimum absolute atomic E-state index is 0. The maximum absolute atomic E-state index is 2.37. The highest BCUT2D eigenvalue weighted by Gasteiger charge is 2.16. The zero-order valence-electron chi connectivity index (χ0n) is 19.0. The van der Waals surface area contributed by atoms with Gasteiger partial charge in [0.2, 0.25) is 0 Å². The molecule has 0 saturated heterocycles. The van der Waals surface area contributed by atoms with Gasteiger partial charge in [-0.05, 0) is 123 Å². The molecule has 0 atom stereocenters. The Labute approximate surface area is 169 Å². The Morgan fingerprint density at radius 2 is 0.593 bits per heavy atom. The highest BCUT2D eigenvalue weighted by atomic mass is 14.2. The Hall–Kier alpha value is -1.30. The van der Waals surface area contributed by atoms with Crippen molar-refractivity contribution in [3.8, 4) is 0 Å². The van der Waals surface area contributed by atoms with E-state index in [0.717, 1.165) is 11.8 Å². The molecular weight excluding hydrogens is 324 g/mol. The van der Waals surface area contributed by atoms with Crippen LogP contribution in [0.3, 0.4) is 0 Å². The summed E-state index contributed by atoms with van der Waals surface area (Å²) < 4.78 is 0. The zero-order chi connectivity index (χ0) is 19.8. The number of hydrogen-bond donors (Lipinski definition) is 0. The molecule has 152 valence electrons. The summed E-state index contributed by atoms with van der Waals surface area (Å²) >= 11 is 0. The molecule has 0 aromatic heterocycles. The molecule has 0 aliphatic heterocycles. The van der Waals surface area contributed by atoms with Crippen LogP contribution in [0.25, 0.3) is 10.8 Å². The molecular formula is C27H44. The van der Waals surface area contributed by atoms with Gasteiger partial charge in [0.1, 0.15) is 0 Å². The van der Waals surface area contributed by atoms with E-state index in [9.17, 15) is 0 Å². The Morgan fingerprint density at radius 3 is 0.778 bits per heavy atom. The van der Waals surface area contributed by atoms with Crippen molar-refractivity contribution in [2.45, 2.75) is 102 Å². The Morgan fingerprint density at radius 1 is 0.407 bits per heavy atom. The molecule has 3 rings (SSSR count). The van der Waals surface area contributed by atoms with Crippen LogP contribution in [0.5, 0.6) is 0 Å². The van der Waals surface area contributed by atoms with Gasteiger partial charge in [-0.2, -0.15) is 0 Å². The van der Waals surface area contributed by atoms with Crippen molar-refractivity contribution in [1.29, 1.82) is 0 Å². The van der Waals surface area contributed by atoms with Crippen molar-refractivity contribution < 1.29 is 0 Å². The normalized spacial score (nSPS) is 19.3. The molecule has 0 heterocycles. The lowest BCUT2D eigenvalue weighted by Gasteiger charge is -2.22. The minimum atomic E-state index is 0. The molecule has 2 aromatic carbocycles. The lowest BCUT2D eigenvalue weighted by atomic mass is 9.83. The number of rotatable bonds is 0. The van der Waals surface area contributed by atoms with E-state index in [1.807, 2.05) is 0 Å². The molecule has 1 fully saturated rings. The summed E-state index contributed by atoms with van der Waals surface area (Å²) in [4.78, 5) is 0. The Kier molecular flexibility index (Phi) is 8.14. The molecule has 2 aromatic rings. The summed E-state index contributed by atoms with van der Waals surface area (Å²) in [7, 11) is 0. The fourth-order valence-corrected chi connectivity index (χ4v) is 4.61. The van der Waals surface area contributed by atoms with Crippen molar-refractivity contribution >= 4 is 10.8 Å². The standard InChI is InChI=1S/C18H24.C8H16.CH4/c1-9-10(2)14(6)18-16(8)12(4)11(3)15(7)17(18)13(9)5;1-7-3-5-8(2)6-4-7;/h1-8H3;7-8H,3-6H2,1-2H3;1H4. The van der Waals surface area contributed by atoms with Crippen molar-refractivity contribution in [2.75, 3.05) is 0 Å². The van der Waals surface area contributed by atoms with Gasteiger partial charge >= 0.3 is 0 Å². The van der Waals surface area contributed by atoms with Gasteiger partial charge in [0.25, 0.3) is 0 Å². The average Bonchev–Trinajstić information content (AvgIpc) is 2.62. The van der Waals surface area contributed by atoms with Gasteiger partial charge in [-0.25, -0.2) is 0 Å². The Bertz CT molecular complexity index is 676. The van der Waals surface area contributed by atoms with E-state index in [1.165, 1.54) is 81.0 Å². The van der Waals surface area contributed by atoms with Crippen LogP contribution in [-0.4, -0.2) is 0 Å². The van der Waals surface area contributed by atoms with Gasteiger partial charge in [0.15, 0.2) is 0 Å². The molecule has 0 nitrogen and oxygen atoms in total. The first-order chi connectivity index (χ1) is 12.1. The van der Waals surface area contributed by atoms with Gasteiger partial charge in [-0.15, -0.1) is 0 Å². The van der Waals surface area contributed by atoms with Crippen molar-refractivity contribution in [1.82, 2.24) is 0 Å². The quantitative estimate of drug-likeness (QED) is 0.436. The largest absolute Gasteiger partial charge is 0.0776 e. The predicted octanol–water partition coefficient (Wildman–Crippen LogP) is 8.78. The maximum Gasteiger partial charge on any atom is -0.0114 e. The van der Waals surface area contributed by atoms with E-state index in [2.05, 4.69) is 69.2 Å². The first-order valence-corrected chi connectivity index (χ1v) is 10.5. The van der Waals surface area contributed by atoms with Crippen LogP contribution in [0.1, 0.15) is 91.5 Å². The van der Waals surface area contributed by atoms with E-state index in [4.69, 9.17) is 0 Å². The van der Waals surface area contributed by atoms with Crippen LogP contribution in [0.15, 0.2) is 0 Å². The second kappa shape index (κ2) is 9.26. The van der Waals surface area contributed by atoms with E-state index in [-0.39, 0.29) is 7.43 Å². The molecule has 0 bridgehead atoms. The van der Waals surface area contributed by atoms with E-state index in [0.29, 0.717) is 0 Å². The van der Waals surface area contributed by atoms with E-state index >= 15 is 0 Å². The van der Waals surface area contributed by atoms with Crippen LogP contribution in [0, 0.1) is 67.2 Å². The van der Waals surface area contributed by atoms with Crippen molar-refractivity contribution in [3.05, 3.63) is 44.5 Å². The lowest BCUT2D eigenvalue weighted by Crippen LogP contribution is -2.08. The number of aryl methyl sites for hydroxylation is 4. The summed E-state index contributed by atoms with van der Waals surface area (Å²) in [6.45, 7) is 22.8. The lowest BCUT2D eigenvalue weighted by molar-refractivity contribution is 0.308. The second-order valence-corrected chi connectivity index (χ2v) is 9.12. The minimum Gasteiger partial charge on any atom is -0.0776 e. The van der Waals surface area contributed by atoms with Crippen LogP contribution < -0.4 is 0 Å². The third-order valence-corrected chi connectivity index (χ3v) is 7.43. The molecule has 0 amide bonds. The second-order valence-electron chi connectivity index (χ2n) is 9.12. The summed E-state index contributed by atoms with van der Waals surface area (Å²) in [6.07, 6.45) is 5.89. The molecule has 0 spiro atoms. The summed E-state index contributed by atoms with van der Waals surface area (Å²) in [5.41, 5.74) is 11.6. The first kappa shape index (κ1) is 23.7. The highest BCUT2D eigenvalue weighted by Crippen LogP contribution is 2.36. The van der Waals surface area contributed by atoms with Gasteiger partial charge in [-0.3, -0.25) is 0 Å². The number of hydrogen-bond acceptors (Lipinski definition) is 0. The van der Waals surface area contributed by atoms with Crippen molar-refractivity contribution in [3.63, 3.8) is 0 Å². The first-order valence-electron chi connectivity index (χ1n) is 10.5. The van der Waals surface area contributed by atoms with E-state index in [1.54, 1.807) is 0 Å². The van der Waals surface area contributed by atoms with Gasteiger partial charge in [0, 0.05) is 0 Å². The molecule has 1 saturated carbocycles. The molecule has 1 aliphatic rings. The molecule has 0 unspecified atom stereocenters. The van der Waals surface area contributed by atoms with Crippen LogP contribution in [0.4, 0.5) is 0 Å². The zero-order valence-corrected chi connectivity index (χ0v) is 19.0. The third-order valence-electron chi connectivity index (χ3n) is 7.43. The highest BCUT2D eigenvalue weighted by molar-refractivity contribution is 5.97. The topological polar surface area (TPSA) is 0 Å². The van der Waals surface area contributed by atoms with Crippen LogP contribution in [-0.2, 0) is 0 Å². The van der Waals surface area contributed by atoms with Gasteiger partial charge in [-0.1, -0.05) is 47.0 Å².